The number of carbonyl (C=O) groups excluding carboxylic acids is 1. The molecule has 0 heterocycles. The fraction of sp³-hybridized carbons (Fsp3) is 0. The van der Waals surface area contributed by atoms with E-state index in [1.807, 2.05) is 24.3 Å². The fourth-order valence-corrected chi connectivity index (χ4v) is 2.96. The lowest BCUT2D eigenvalue weighted by atomic mass is 10.0. The molecule has 1 aliphatic carbocycles. The Balaban J connectivity index is 2.42. The second-order valence-electron chi connectivity index (χ2n) is 4.03. The minimum atomic E-state index is 0.674. The third-order valence-corrected chi connectivity index (χ3v) is 4.00. The lowest BCUT2D eigenvalue weighted by Gasteiger charge is -2.05. The van der Waals surface area contributed by atoms with Crippen molar-refractivity contribution in [2.75, 3.05) is 0 Å². The van der Waals surface area contributed by atoms with Crippen LogP contribution in [0.25, 0.3) is 16.7 Å². The average Bonchev–Trinajstić information content (AvgIpc) is 2.65. The van der Waals surface area contributed by atoms with Gasteiger partial charge in [0, 0.05) is 15.6 Å². The molecule has 0 fully saturated rings. The predicted molar refractivity (Wildman–Crippen MR) is 73.1 cm³/mol. The number of rotatable bonds is 1. The number of fused-ring (bicyclic) bond motifs is 3. The molecule has 0 N–H and O–H groups in total. The highest BCUT2D eigenvalue weighted by Crippen LogP contribution is 2.47. The van der Waals surface area contributed by atoms with E-state index in [0.29, 0.717) is 5.56 Å². The van der Waals surface area contributed by atoms with Gasteiger partial charge in [-0.05, 0) is 44.3 Å². The maximum absolute atomic E-state index is 11.0. The van der Waals surface area contributed by atoms with Crippen molar-refractivity contribution in [3.8, 4) is 11.1 Å². The molecule has 0 atom stereocenters. The van der Waals surface area contributed by atoms with E-state index in [-0.39, 0.29) is 0 Å². The van der Waals surface area contributed by atoms with Gasteiger partial charge in [-0.15, -0.1) is 0 Å². The predicted octanol–water partition coefficient (Wildman–Crippen LogP) is 4.30. The maximum Gasteiger partial charge on any atom is 0.151 e. The molecule has 2 aromatic rings. The third kappa shape index (κ3) is 1.34. The van der Waals surface area contributed by atoms with Gasteiger partial charge in [0.15, 0.2) is 6.29 Å². The molecular weight excluding hydrogens is 276 g/mol. The van der Waals surface area contributed by atoms with Crippen LogP contribution in [0.2, 0.25) is 0 Å². The minimum Gasteiger partial charge on any atom is -0.298 e. The van der Waals surface area contributed by atoms with Gasteiger partial charge in [0.1, 0.15) is 0 Å². The van der Waals surface area contributed by atoms with Crippen molar-refractivity contribution in [2.24, 2.45) is 0 Å². The molecule has 0 saturated heterocycles. The Bertz CT molecular complexity index is 656. The van der Waals surface area contributed by atoms with E-state index < -0.39 is 0 Å². The molecule has 0 radical (unpaired) electrons. The molecule has 0 spiro atoms. The van der Waals surface area contributed by atoms with E-state index in [2.05, 4.69) is 34.6 Å². The molecule has 3 rings (SSSR count). The monoisotopic (exact) mass is 284 g/mol. The topological polar surface area (TPSA) is 17.1 Å². The highest BCUT2D eigenvalue weighted by atomic mass is 79.9. The summed E-state index contributed by atoms with van der Waals surface area (Å²) in [5.41, 5.74) is 6.16. The van der Waals surface area contributed by atoms with Crippen molar-refractivity contribution in [1.29, 1.82) is 0 Å². The summed E-state index contributed by atoms with van der Waals surface area (Å²) in [5.74, 6) is 0. The van der Waals surface area contributed by atoms with E-state index in [1.54, 1.807) is 0 Å². The van der Waals surface area contributed by atoms with E-state index in [4.69, 9.17) is 0 Å². The van der Waals surface area contributed by atoms with Crippen LogP contribution in [0.4, 0.5) is 0 Å². The number of carbonyl (C=O) groups is 1. The fourth-order valence-electron chi connectivity index (χ4n) is 2.31. The third-order valence-electron chi connectivity index (χ3n) is 3.15. The van der Waals surface area contributed by atoms with Crippen LogP contribution in [0.3, 0.4) is 0 Å². The van der Waals surface area contributed by atoms with Crippen molar-refractivity contribution < 1.29 is 4.79 Å². The smallest absolute Gasteiger partial charge is 0.151 e. The van der Waals surface area contributed by atoms with E-state index >= 15 is 0 Å². The largest absolute Gasteiger partial charge is 0.298 e. The lowest BCUT2D eigenvalue weighted by Crippen LogP contribution is -1.87. The van der Waals surface area contributed by atoms with Crippen molar-refractivity contribution in [3.05, 3.63) is 64.1 Å². The molecule has 82 valence electrons. The summed E-state index contributed by atoms with van der Waals surface area (Å²) < 4.78 is 0.858. The summed E-state index contributed by atoms with van der Waals surface area (Å²) in [6.45, 7) is 4.12. The lowest BCUT2D eigenvalue weighted by molar-refractivity contribution is 0.112. The Labute approximate surface area is 108 Å². The summed E-state index contributed by atoms with van der Waals surface area (Å²) in [4.78, 5) is 11.0. The summed E-state index contributed by atoms with van der Waals surface area (Å²) in [6.07, 6.45) is 0.869. The van der Waals surface area contributed by atoms with Crippen molar-refractivity contribution >= 4 is 27.8 Å². The first kappa shape index (κ1) is 10.5. The normalized spacial score (nSPS) is 12.2. The molecule has 0 unspecified atom stereocenters. The van der Waals surface area contributed by atoms with Gasteiger partial charge in [0.05, 0.1) is 0 Å². The Hall–Kier alpha value is -1.67. The second kappa shape index (κ2) is 3.67. The Morgan fingerprint density at radius 1 is 1.00 bits per heavy atom. The number of hydrogen-bond acceptors (Lipinski definition) is 1. The van der Waals surface area contributed by atoms with Crippen molar-refractivity contribution in [1.82, 2.24) is 0 Å². The summed E-state index contributed by atoms with van der Waals surface area (Å²) in [7, 11) is 0. The van der Waals surface area contributed by atoms with Gasteiger partial charge in [-0.25, -0.2) is 0 Å². The van der Waals surface area contributed by atoms with Crippen LogP contribution in [0.5, 0.6) is 0 Å². The van der Waals surface area contributed by atoms with Crippen LogP contribution in [-0.2, 0) is 0 Å². The SMILES string of the molecule is C=C1c2ccccc2-c2c1ccc(C=O)c2Br. The van der Waals surface area contributed by atoms with Gasteiger partial charge in [0.25, 0.3) is 0 Å². The minimum absolute atomic E-state index is 0.674. The number of halogens is 1. The molecule has 0 saturated carbocycles. The summed E-state index contributed by atoms with van der Waals surface area (Å²) in [6, 6.07) is 11.9. The molecule has 2 aromatic carbocycles. The van der Waals surface area contributed by atoms with Crippen LogP contribution >= 0.6 is 15.9 Å². The van der Waals surface area contributed by atoms with Crippen LogP contribution in [-0.4, -0.2) is 6.29 Å². The van der Waals surface area contributed by atoms with E-state index in [0.717, 1.165) is 38.6 Å². The Morgan fingerprint density at radius 3 is 2.41 bits per heavy atom. The van der Waals surface area contributed by atoms with Crippen LogP contribution < -0.4 is 0 Å². The van der Waals surface area contributed by atoms with Gasteiger partial charge >= 0.3 is 0 Å². The average molecular weight is 285 g/mol. The van der Waals surface area contributed by atoms with Gasteiger partial charge in [-0.3, -0.25) is 4.79 Å². The van der Waals surface area contributed by atoms with Crippen molar-refractivity contribution in [3.63, 3.8) is 0 Å². The molecule has 0 amide bonds. The maximum atomic E-state index is 11.0. The van der Waals surface area contributed by atoms with Crippen molar-refractivity contribution in [2.45, 2.75) is 0 Å². The molecule has 2 heteroatoms. The highest BCUT2D eigenvalue weighted by molar-refractivity contribution is 9.10. The highest BCUT2D eigenvalue weighted by Gasteiger charge is 2.24. The second-order valence-corrected chi connectivity index (χ2v) is 4.83. The Kier molecular flexibility index (Phi) is 2.26. The standard InChI is InChI=1S/C15H9BrO/c1-9-11-4-2-3-5-13(11)14-12(9)7-6-10(8-17)15(14)16/h2-8H,1H2. The first-order valence-corrected chi connectivity index (χ1v) is 6.10. The van der Waals surface area contributed by atoms with Crippen LogP contribution in [0.1, 0.15) is 21.5 Å². The molecule has 1 aliphatic rings. The zero-order valence-electron chi connectivity index (χ0n) is 9.03. The van der Waals surface area contributed by atoms with Gasteiger partial charge in [-0.2, -0.15) is 0 Å². The van der Waals surface area contributed by atoms with Gasteiger partial charge in [-0.1, -0.05) is 36.9 Å². The molecule has 0 aromatic heterocycles. The van der Waals surface area contributed by atoms with Crippen LogP contribution in [0.15, 0.2) is 47.4 Å². The molecule has 17 heavy (non-hydrogen) atoms. The zero-order chi connectivity index (χ0) is 12.0. The summed E-state index contributed by atoms with van der Waals surface area (Å²) in [5, 5.41) is 0. The Morgan fingerprint density at radius 2 is 1.71 bits per heavy atom. The zero-order valence-corrected chi connectivity index (χ0v) is 10.6. The van der Waals surface area contributed by atoms with Gasteiger partial charge in [0.2, 0.25) is 0 Å². The van der Waals surface area contributed by atoms with Gasteiger partial charge < -0.3 is 0 Å². The molecule has 0 bridgehead atoms. The van der Waals surface area contributed by atoms with E-state index in [9.17, 15) is 4.79 Å². The number of benzene rings is 2. The quantitative estimate of drug-likeness (QED) is 0.609. The summed E-state index contributed by atoms with van der Waals surface area (Å²) >= 11 is 3.52. The first-order chi connectivity index (χ1) is 8.24. The number of aldehydes is 1. The van der Waals surface area contributed by atoms with E-state index in [1.165, 1.54) is 0 Å². The molecule has 1 nitrogen and oxygen atoms in total. The molecule has 0 aliphatic heterocycles. The first-order valence-electron chi connectivity index (χ1n) is 5.30. The molecular formula is C15H9BrO. The number of hydrogen-bond donors (Lipinski definition) is 0. The van der Waals surface area contributed by atoms with Crippen LogP contribution in [0, 0.1) is 0 Å².